The fraction of sp³-hybridized carbons (Fsp3) is 0.684. The van der Waals surface area contributed by atoms with Crippen molar-refractivity contribution < 1.29 is 4.74 Å². The van der Waals surface area contributed by atoms with Crippen molar-refractivity contribution in [1.82, 2.24) is 5.32 Å². The van der Waals surface area contributed by atoms with E-state index in [2.05, 4.69) is 64.2 Å². The molecule has 1 aromatic carbocycles. The molecule has 0 aliphatic heterocycles. The second kappa shape index (κ2) is 6.39. The lowest BCUT2D eigenvalue weighted by atomic mass is 9.77. The topological polar surface area (TPSA) is 21.3 Å². The van der Waals surface area contributed by atoms with Crippen molar-refractivity contribution >= 4 is 0 Å². The molecule has 0 heterocycles. The van der Waals surface area contributed by atoms with Crippen LogP contribution in [0.25, 0.3) is 0 Å². The molecule has 1 saturated carbocycles. The Morgan fingerprint density at radius 2 is 1.95 bits per heavy atom. The highest BCUT2D eigenvalue weighted by Crippen LogP contribution is 2.39. The molecule has 0 unspecified atom stereocenters. The minimum absolute atomic E-state index is 0.0633. The third-order valence-electron chi connectivity index (χ3n) is 4.36. The Labute approximate surface area is 130 Å². The average molecular weight is 289 g/mol. The van der Waals surface area contributed by atoms with Crippen molar-refractivity contribution in [1.29, 1.82) is 0 Å². The van der Waals surface area contributed by atoms with E-state index in [0.29, 0.717) is 5.92 Å². The van der Waals surface area contributed by atoms with Gasteiger partial charge in [0.1, 0.15) is 11.4 Å². The van der Waals surface area contributed by atoms with Crippen LogP contribution < -0.4 is 10.1 Å². The van der Waals surface area contributed by atoms with Crippen LogP contribution in [-0.2, 0) is 0 Å². The van der Waals surface area contributed by atoms with Gasteiger partial charge in [0.15, 0.2) is 0 Å². The van der Waals surface area contributed by atoms with Gasteiger partial charge >= 0.3 is 0 Å². The van der Waals surface area contributed by atoms with Gasteiger partial charge in [0, 0.05) is 5.54 Å². The molecule has 2 rings (SSSR count). The van der Waals surface area contributed by atoms with Gasteiger partial charge in [0.25, 0.3) is 0 Å². The quantitative estimate of drug-likeness (QED) is 0.805. The van der Waals surface area contributed by atoms with Crippen molar-refractivity contribution in [2.24, 2.45) is 0 Å². The van der Waals surface area contributed by atoms with E-state index in [1.54, 1.807) is 0 Å². The first-order chi connectivity index (χ1) is 9.80. The van der Waals surface area contributed by atoms with Crippen molar-refractivity contribution in [2.45, 2.75) is 77.4 Å². The van der Waals surface area contributed by atoms with Gasteiger partial charge in [-0.1, -0.05) is 26.0 Å². The van der Waals surface area contributed by atoms with Gasteiger partial charge in [-0.15, -0.1) is 0 Å². The maximum Gasteiger partial charge on any atom is 0.120 e. The summed E-state index contributed by atoms with van der Waals surface area (Å²) in [6.45, 7) is 12.1. The van der Waals surface area contributed by atoms with E-state index >= 15 is 0 Å². The van der Waals surface area contributed by atoms with E-state index in [9.17, 15) is 0 Å². The van der Waals surface area contributed by atoms with Gasteiger partial charge in [0.2, 0.25) is 0 Å². The molecule has 1 N–H and O–H groups in total. The molecule has 1 aliphatic rings. The molecule has 2 heteroatoms. The summed E-state index contributed by atoms with van der Waals surface area (Å²) in [6.07, 6.45) is 4.75. The predicted molar refractivity (Wildman–Crippen MR) is 90.1 cm³/mol. The van der Waals surface area contributed by atoms with E-state index in [1.807, 2.05) is 0 Å². The first-order valence-electron chi connectivity index (χ1n) is 8.34. The molecule has 2 nitrogen and oxygen atoms in total. The number of rotatable bonds is 6. The lowest BCUT2D eigenvalue weighted by molar-refractivity contribution is -0.0153. The lowest BCUT2D eigenvalue weighted by Gasteiger charge is -2.42. The largest absolute Gasteiger partial charge is 0.487 e. The van der Waals surface area contributed by atoms with E-state index in [-0.39, 0.29) is 11.1 Å². The molecule has 0 amide bonds. The highest BCUT2D eigenvalue weighted by atomic mass is 16.5. The van der Waals surface area contributed by atoms with Gasteiger partial charge in [0.05, 0.1) is 0 Å². The zero-order valence-electron chi connectivity index (χ0n) is 14.3. The molecule has 0 aromatic heterocycles. The zero-order chi connectivity index (χ0) is 15.5. The summed E-state index contributed by atoms with van der Waals surface area (Å²) in [7, 11) is 0. The van der Waals surface area contributed by atoms with E-state index in [4.69, 9.17) is 4.74 Å². The highest BCUT2D eigenvalue weighted by Gasteiger charge is 2.39. The summed E-state index contributed by atoms with van der Waals surface area (Å²) < 4.78 is 6.40. The molecule has 0 spiro atoms. The van der Waals surface area contributed by atoms with Crippen LogP contribution in [0.5, 0.6) is 5.75 Å². The van der Waals surface area contributed by atoms with Crippen LogP contribution in [0.15, 0.2) is 24.3 Å². The molecule has 0 atom stereocenters. The minimum atomic E-state index is 0.0633. The second-order valence-electron chi connectivity index (χ2n) is 7.79. The summed E-state index contributed by atoms with van der Waals surface area (Å²) in [5.74, 6) is 1.59. The molecule has 0 bridgehead atoms. The summed E-state index contributed by atoms with van der Waals surface area (Å²) >= 11 is 0. The molecule has 1 fully saturated rings. The third-order valence-corrected chi connectivity index (χ3v) is 4.36. The van der Waals surface area contributed by atoms with E-state index < -0.39 is 0 Å². The summed E-state index contributed by atoms with van der Waals surface area (Å²) in [4.78, 5) is 0. The van der Waals surface area contributed by atoms with Gasteiger partial charge < -0.3 is 10.1 Å². The van der Waals surface area contributed by atoms with Crippen molar-refractivity contribution in [3.05, 3.63) is 29.8 Å². The van der Waals surface area contributed by atoms with Gasteiger partial charge in [-0.3, -0.25) is 0 Å². The van der Waals surface area contributed by atoms with Crippen LogP contribution in [0.3, 0.4) is 0 Å². The second-order valence-corrected chi connectivity index (χ2v) is 7.79. The smallest absolute Gasteiger partial charge is 0.120 e. The van der Waals surface area contributed by atoms with Crippen molar-refractivity contribution in [3.8, 4) is 5.75 Å². The van der Waals surface area contributed by atoms with E-state index in [0.717, 1.165) is 18.7 Å². The van der Waals surface area contributed by atoms with Crippen LogP contribution in [-0.4, -0.2) is 17.7 Å². The Morgan fingerprint density at radius 3 is 2.48 bits per heavy atom. The highest BCUT2D eigenvalue weighted by molar-refractivity contribution is 5.31. The van der Waals surface area contributed by atoms with Gasteiger partial charge in [-0.05, 0) is 76.6 Å². The molecule has 118 valence electrons. The van der Waals surface area contributed by atoms with E-state index in [1.165, 1.54) is 24.8 Å². The third kappa shape index (κ3) is 4.74. The summed E-state index contributed by atoms with van der Waals surface area (Å²) in [5.41, 5.74) is 1.60. The predicted octanol–water partition coefficient (Wildman–Crippen LogP) is 4.89. The maximum absolute atomic E-state index is 6.40. The number of hydrogen-bond donors (Lipinski definition) is 1. The standard InChI is InChI=1S/C19H31NO/c1-15(2)16-8-6-9-17(14-16)21-19(10-7-11-19)12-13-20-18(3,4)5/h6,8-9,14-15,20H,7,10-13H2,1-5H3. The summed E-state index contributed by atoms with van der Waals surface area (Å²) in [5, 5.41) is 3.58. The number of ether oxygens (including phenoxy) is 1. The lowest BCUT2D eigenvalue weighted by Crippen LogP contribution is -2.47. The Balaban J connectivity index is 1.96. The SMILES string of the molecule is CC(C)c1cccc(OC2(CCNC(C)(C)C)CCC2)c1. The normalized spacial score (nSPS) is 17.6. The first kappa shape index (κ1) is 16.4. The first-order valence-corrected chi connectivity index (χ1v) is 8.34. The van der Waals surface area contributed by atoms with Crippen molar-refractivity contribution in [2.75, 3.05) is 6.54 Å². The molecular weight excluding hydrogens is 258 g/mol. The van der Waals surface area contributed by atoms with Crippen LogP contribution in [0.2, 0.25) is 0 Å². The molecule has 21 heavy (non-hydrogen) atoms. The zero-order valence-corrected chi connectivity index (χ0v) is 14.3. The fourth-order valence-corrected chi connectivity index (χ4v) is 2.83. The minimum Gasteiger partial charge on any atom is -0.487 e. The Bertz CT molecular complexity index is 455. The molecular formula is C19H31NO. The van der Waals surface area contributed by atoms with Crippen LogP contribution in [0.1, 0.15) is 71.8 Å². The van der Waals surface area contributed by atoms with Crippen LogP contribution in [0, 0.1) is 0 Å². The van der Waals surface area contributed by atoms with Gasteiger partial charge in [-0.25, -0.2) is 0 Å². The van der Waals surface area contributed by atoms with Crippen LogP contribution in [0.4, 0.5) is 0 Å². The Kier molecular flexibility index (Phi) is 4.98. The average Bonchev–Trinajstić information content (AvgIpc) is 2.34. The maximum atomic E-state index is 6.40. The van der Waals surface area contributed by atoms with Crippen LogP contribution >= 0.6 is 0 Å². The molecule has 0 saturated heterocycles. The van der Waals surface area contributed by atoms with Crippen molar-refractivity contribution in [3.63, 3.8) is 0 Å². The number of hydrogen-bond acceptors (Lipinski definition) is 2. The molecule has 1 aliphatic carbocycles. The molecule has 1 aromatic rings. The number of nitrogens with one attached hydrogen (secondary N) is 1. The fourth-order valence-electron chi connectivity index (χ4n) is 2.83. The molecule has 0 radical (unpaired) electrons. The van der Waals surface area contributed by atoms with Gasteiger partial charge in [-0.2, -0.15) is 0 Å². The Hall–Kier alpha value is -1.02. The summed E-state index contributed by atoms with van der Waals surface area (Å²) in [6, 6.07) is 8.61. The monoisotopic (exact) mass is 289 g/mol. The number of benzene rings is 1. The Morgan fingerprint density at radius 1 is 1.24 bits per heavy atom.